The van der Waals surface area contributed by atoms with Crippen molar-refractivity contribution in [2.45, 2.75) is 19.1 Å². The number of benzene rings is 2. The summed E-state index contributed by atoms with van der Waals surface area (Å²) in [4.78, 5) is 14.4. The number of rotatable bonds is 6. The molecule has 4 nitrogen and oxygen atoms in total. The lowest BCUT2D eigenvalue weighted by Crippen LogP contribution is -2.47. The average molecular weight is 342 g/mol. The molecule has 1 amide bonds. The van der Waals surface area contributed by atoms with Crippen molar-refractivity contribution in [3.05, 3.63) is 71.5 Å². The Morgan fingerprint density at radius 3 is 2.64 bits per heavy atom. The fourth-order valence-electron chi connectivity index (χ4n) is 2.97. The van der Waals surface area contributed by atoms with Crippen LogP contribution in [0.4, 0.5) is 4.39 Å². The zero-order valence-electron chi connectivity index (χ0n) is 14.2. The van der Waals surface area contributed by atoms with Crippen LogP contribution in [-0.2, 0) is 22.5 Å². The number of morpholine rings is 1. The molecule has 1 N–H and O–H groups in total. The van der Waals surface area contributed by atoms with Gasteiger partial charge < -0.3 is 10.1 Å². The largest absolute Gasteiger partial charge is 0.374 e. The predicted octanol–water partition coefficient (Wildman–Crippen LogP) is 2.39. The number of ether oxygens (including phenoxy) is 1. The number of hydrogen-bond donors (Lipinski definition) is 1. The first kappa shape index (κ1) is 17.6. The standard InChI is InChI=1S/C20H23FN2O2/c21-18-8-6-16(7-9-18)12-20(24)22-13-19-15-23(10-11-25-19)14-17-4-2-1-3-5-17/h1-9,19H,10-15H2,(H,22,24). The summed E-state index contributed by atoms with van der Waals surface area (Å²) < 4.78 is 18.6. The molecule has 0 saturated carbocycles. The normalized spacial score (nSPS) is 18.0. The fraction of sp³-hybridized carbons (Fsp3) is 0.350. The molecule has 2 aromatic carbocycles. The average Bonchev–Trinajstić information content (AvgIpc) is 2.63. The first-order chi connectivity index (χ1) is 12.2. The number of hydrogen-bond acceptors (Lipinski definition) is 3. The predicted molar refractivity (Wildman–Crippen MR) is 94.6 cm³/mol. The molecule has 2 aromatic rings. The Bertz CT molecular complexity index is 676. The Labute approximate surface area is 147 Å². The number of nitrogens with zero attached hydrogens (tertiary/aromatic N) is 1. The van der Waals surface area contributed by atoms with E-state index in [1.54, 1.807) is 12.1 Å². The van der Waals surface area contributed by atoms with E-state index in [9.17, 15) is 9.18 Å². The molecule has 1 atom stereocenters. The molecule has 1 unspecified atom stereocenters. The Balaban J connectivity index is 1.43. The molecule has 0 aromatic heterocycles. The summed E-state index contributed by atoms with van der Waals surface area (Å²) in [5, 5.41) is 2.92. The van der Waals surface area contributed by atoms with Crippen LogP contribution in [0.1, 0.15) is 11.1 Å². The first-order valence-electron chi connectivity index (χ1n) is 8.58. The van der Waals surface area contributed by atoms with Gasteiger partial charge in [0.05, 0.1) is 19.1 Å². The molecule has 132 valence electrons. The van der Waals surface area contributed by atoms with Crippen molar-refractivity contribution >= 4 is 5.91 Å². The van der Waals surface area contributed by atoms with Gasteiger partial charge in [-0.3, -0.25) is 9.69 Å². The second-order valence-electron chi connectivity index (χ2n) is 6.32. The Morgan fingerprint density at radius 1 is 1.12 bits per heavy atom. The minimum atomic E-state index is -0.293. The van der Waals surface area contributed by atoms with Crippen LogP contribution in [0, 0.1) is 5.82 Å². The van der Waals surface area contributed by atoms with Gasteiger partial charge in [0, 0.05) is 26.2 Å². The van der Waals surface area contributed by atoms with Gasteiger partial charge in [0.1, 0.15) is 5.82 Å². The lowest BCUT2D eigenvalue weighted by molar-refractivity contribution is -0.121. The third-order valence-corrected chi connectivity index (χ3v) is 4.28. The SMILES string of the molecule is O=C(Cc1ccc(F)cc1)NCC1CN(Cc2ccccc2)CCO1. The fourth-order valence-corrected chi connectivity index (χ4v) is 2.97. The van der Waals surface area contributed by atoms with E-state index in [-0.39, 0.29) is 24.2 Å². The van der Waals surface area contributed by atoms with Crippen LogP contribution in [0.15, 0.2) is 54.6 Å². The number of halogens is 1. The van der Waals surface area contributed by atoms with Gasteiger partial charge in [-0.2, -0.15) is 0 Å². The summed E-state index contributed by atoms with van der Waals surface area (Å²) in [6.45, 7) is 3.75. The number of carbonyl (C=O) groups excluding carboxylic acids is 1. The molecule has 0 aliphatic carbocycles. The molecule has 0 bridgehead atoms. The zero-order chi connectivity index (χ0) is 17.5. The van der Waals surface area contributed by atoms with Gasteiger partial charge in [-0.15, -0.1) is 0 Å². The Morgan fingerprint density at radius 2 is 1.88 bits per heavy atom. The molecule has 1 aliphatic rings. The Hall–Kier alpha value is -2.24. The maximum Gasteiger partial charge on any atom is 0.224 e. The first-order valence-corrected chi connectivity index (χ1v) is 8.58. The van der Waals surface area contributed by atoms with Gasteiger partial charge in [-0.05, 0) is 23.3 Å². The van der Waals surface area contributed by atoms with E-state index in [1.807, 2.05) is 18.2 Å². The number of nitrogens with one attached hydrogen (secondary N) is 1. The van der Waals surface area contributed by atoms with Gasteiger partial charge in [-0.1, -0.05) is 42.5 Å². The van der Waals surface area contributed by atoms with Crippen molar-refractivity contribution < 1.29 is 13.9 Å². The van der Waals surface area contributed by atoms with Gasteiger partial charge in [0.2, 0.25) is 5.91 Å². The second kappa shape index (κ2) is 8.74. The smallest absolute Gasteiger partial charge is 0.224 e. The lowest BCUT2D eigenvalue weighted by atomic mass is 10.1. The highest BCUT2D eigenvalue weighted by molar-refractivity contribution is 5.78. The highest BCUT2D eigenvalue weighted by Gasteiger charge is 2.21. The highest BCUT2D eigenvalue weighted by atomic mass is 19.1. The third kappa shape index (κ3) is 5.66. The van der Waals surface area contributed by atoms with Crippen LogP contribution in [0.25, 0.3) is 0 Å². The van der Waals surface area contributed by atoms with Crippen molar-refractivity contribution in [2.75, 3.05) is 26.2 Å². The highest BCUT2D eigenvalue weighted by Crippen LogP contribution is 2.10. The molecule has 1 heterocycles. The van der Waals surface area contributed by atoms with Crippen LogP contribution in [0.5, 0.6) is 0 Å². The molecular weight excluding hydrogens is 319 g/mol. The summed E-state index contributed by atoms with van der Waals surface area (Å²) in [6.07, 6.45) is 0.246. The van der Waals surface area contributed by atoms with E-state index >= 15 is 0 Å². The van der Waals surface area contributed by atoms with E-state index in [0.29, 0.717) is 13.2 Å². The lowest BCUT2D eigenvalue weighted by Gasteiger charge is -2.33. The maximum absolute atomic E-state index is 12.9. The molecule has 1 saturated heterocycles. The van der Waals surface area contributed by atoms with E-state index in [0.717, 1.165) is 25.2 Å². The second-order valence-corrected chi connectivity index (χ2v) is 6.32. The van der Waals surface area contributed by atoms with E-state index in [4.69, 9.17) is 4.74 Å². The van der Waals surface area contributed by atoms with E-state index in [1.165, 1.54) is 17.7 Å². The summed E-state index contributed by atoms with van der Waals surface area (Å²) in [5.41, 5.74) is 2.08. The van der Waals surface area contributed by atoms with Gasteiger partial charge in [0.15, 0.2) is 0 Å². The van der Waals surface area contributed by atoms with Gasteiger partial charge in [0.25, 0.3) is 0 Å². The van der Waals surface area contributed by atoms with Gasteiger partial charge >= 0.3 is 0 Å². The molecule has 3 rings (SSSR count). The monoisotopic (exact) mass is 342 g/mol. The van der Waals surface area contributed by atoms with Crippen LogP contribution in [0.2, 0.25) is 0 Å². The molecule has 1 aliphatic heterocycles. The maximum atomic E-state index is 12.9. The third-order valence-electron chi connectivity index (χ3n) is 4.28. The minimum absolute atomic E-state index is 0.00497. The quantitative estimate of drug-likeness (QED) is 0.876. The summed E-state index contributed by atoms with van der Waals surface area (Å²) >= 11 is 0. The minimum Gasteiger partial charge on any atom is -0.374 e. The van der Waals surface area contributed by atoms with Crippen molar-refractivity contribution in [3.63, 3.8) is 0 Å². The molecule has 5 heteroatoms. The van der Waals surface area contributed by atoms with Gasteiger partial charge in [-0.25, -0.2) is 4.39 Å². The summed E-state index contributed by atoms with van der Waals surface area (Å²) in [7, 11) is 0. The van der Waals surface area contributed by atoms with Crippen LogP contribution < -0.4 is 5.32 Å². The molecule has 0 spiro atoms. The summed E-state index contributed by atoms with van der Waals surface area (Å²) in [5.74, 6) is -0.367. The number of carbonyl (C=O) groups is 1. The topological polar surface area (TPSA) is 41.6 Å². The molecular formula is C20H23FN2O2. The molecule has 25 heavy (non-hydrogen) atoms. The van der Waals surface area contributed by atoms with Crippen molar-refractivity contribution in [3.8, 4) is 0 Å². The van der Waals surface area contributed by atoms with Crippen LogP contribution >= 0.6 is 0 Å². The van der Waals surface area contributed by atoms with Crippen LogP contribution in [0.3, 0.4) is 0 Å². The van der Waals surface area contributed by atoms with Crippen molar-refractivity contribution in [2.24, 2.45) is 0 Å². The number of amides is 1. The van der Waals surface area contributed by atoms with E-state index < -0.39 is 0 Å². The van der Waals surface area contributed by atoms with Crippen molar-refractivity contribution in [1.82, 2.24) is 10.2 Å². The molecule has 1 fully saturated rings. The zero-order valence-corrected chi connectivity index (χ0v) is 14.2. The molecule has 0 radical (unpaired) electrons. The van der Waals surface area contributed by atoms with E-state index in [2.05, 4.69) is 22.3 Å². The Kier molecular flexibility index (Phi) is 6.14. The summed E-state index contributed by atoms with van der Waals surface area (Å²) in [6, 6.07) is 16.3. The van der Waals surface area contributed by atoms with Crippen LogP contribution in [-0.4, -0.2) is 43.2 Å². The van der Waals surface area contributed by atoms with Crippen molar-refractivity contribution in [1.29, 1.82) is 0 Å².